The number of hydrogen-bond donors (Lipinski definition) is 3. The molecule has 3 N–H and O–H groups in total. The van der Waals surface area contributed by atoms with E-state index in [1.54, 1.807) is 0 Å². The average molecular weight is 836 g/mol. The summed E-state index contributed by atoms with van der Waals surface area (Å²) < 4.78 is 5.87. The molecule has 0 aliphatic carbocycles. The molecule has 0 rings (SSSR count). The molecule has 0 radical (unpaired) electrons. The molecule has 3 unspecified atom stereocenters. The predicted octanol–water partition coefficient (Wildman–Crippen LogP) is 14.8. The van der Waals surface area contributed by atoms with Crippen molar-refractivity contribution in [2.45, 2.75) is 238 Å². The quantitative estimate of drug-likeness (QED) is 0.0246. The van der Waals surface area contributed by atoms with Crippen molar-refractivity contribution in [1.82, 2.24) is 5.32 Å². The molecule has 0 heterocycles. The number of rotatable bonds is 43. The van der Waals surface area contributed by atoms with Crippen molar-refractivity contribution in [2.24, 2.45) is 0 Å². The Bertz CT molecular complexity index is 1160. The van der Waals surface area contributed by atoms with Gasteiger partial charge in [-0.3, -0.25) is 9.59 Å². The molecule has 0 aliphatic rings. The molecule has 0 saturated carbocycles. The molecule has 6 heteroatoms. The minimum atomic E-state index is -0.812. The lowest BCUT2D eigenvalue weighted by Gasteiger charge is -2.24. The first-order valence-electron chi connectivity index (χ1n) is 24.9. The van der Waals surface area contributed by atoms with Crippen LogP contribution in [0.1, 0.15) is 220 Å². The molecule has 0 bridgehead atoms. The molecule has 1 amide bonds. The number of nitrogens with one attached hydrogen (secondary N) is 1. The smallest absolute Gasteiger partial charge is 0.306 e. The largest absolute Gasteiger partial charge is 0.462 e. The fourth-order valence-electron chi connectivity index (χ4n) is 7.04. The van der Waals surface area contributed by atoms with Gasteiger partial charge in [0.25, 0.3) is 0 Å². The summed E-state index contributed by atoms with van der Waals surface area (Å²) in [5, 5.41) is 23.7. The Labute approximate surface area is 370 Å². The number of hydrogen-bond acceptors (Lipinski definition) is 5. The fraction of sp³-hybridized carbons (Fsp3) is 0.704. The van der Waals surface area contributed by atoms with Gasteiger partial charge in [-0.15, -0.1) is 0 Å². The first-order chi connectivity index (χ1) is 29.5. The van der Waals surface area contributed by atoms with Crippen molar-refractivity contribution in [2.75, 3.05) is 6.61 Å². The third kappa shape index (κ3) is 41.8. The number of unbranched alkanes of at least 4 members (excludes halogenated alkanes) is 20. The van der Waals surface area contributed by atoms with Gasteiger partial charge in [0, 0.05) is 6.42 Å². The molecule has 0 aromatic heterocycles. The lowest BCUT2D eigenvalue weighted by Crippen LogP contribution is -2.46. The second kappa shape index (κ2) is 47.1. The molecule has 3 atom stereocenters. The van der Waals surface area contributed by atoms with E-state index in [1.165, 1.54) is 89.9 Å². The fourth-order valence-corrected chi connectivity index (χ4v) is 7.04. The zero-order chi connectivity index (χ0) is 43.8. The van der Waals surface area contributed by atoms with Crippen LogP contribution in [-0.2, 0) is 14.3 Å². The van der Waals surface area contributed by atoms with Crippen molar-refractivity contribution in [3.05, 3.63) is 85.1 Å². The van der Waals surface area contributed by atoms with Gasteiger partial charge in [-0.2, -0.15) is 0 Å². The van der Waals surface area contributed by atoms with E-state index in [9.17, 15) is 19.8 Å². The summed E-state index contributed by atoms with van der Waals surface area (Å²) >= 11 is 0. The van der Waals surface area contributed by atoms with Crippen LogP contribution in [-0.4, -0.2) is 46.9 Å². The Morgan fingerprint density at radius 2 is 0.983 bits per heavy atom. The number of aliphatic hydroxyl groups is 2. The number of ether oxygens (including phenoxy) is 1. The molecule has 0 saturated heterocycles. The highest BCUT2D eigenvalue weighted by atomic mass is 16.5. The Morgan fingerprint density at radius 1 is 0.517 bits per heavy atom. The summed E-state index contributed by atoms with van der Waals surface area (Å²) in [7, 11) is 0. The Hall–Kier alpha value is -2.96. The maximum atomic E-state index is 13.2. The van der Waals surface area contributed by atoms with Crippen LogP contribution in [0.5, 0.6) is 0 Å². The standard InChI is InChI=1S/C54H93NO5/c1-4-7-10-13-16-19-22-24-25-26-27-29-32-35-38-41-44-47-54(59)60-50(45-42-39-36-33-30-21-18-15-12-9-6-3)48-53(58)55-51(49-56)52(57)46-43-40-37-34-31-28-23-20-17-14-11-8-5-2/h9,12,15-16,18-19,21,24-25,27,29-30,33,36,50-52,56-57H,4-8,10-11,13-14,17,20,22-23,26,28,31-32,34-35,37-49H2,1-3H3,(H,55,58)/b12-9+,18-15+,19-16-,25-24-,29-27-,30-21-,36-33-. The minimum Gasteiger partial charge on any atom is -0.462 e. The Balaban J connectivity index is 4.66. The van der Waals surface area contributed by atoms with Crippen molar-refractivity contribution in [3.8, 4) is 0 Å². The van der Waals surface area contributed by atoms with E-state index in [0.29, 0.717) is 19.3 Å². The van der Waals surface area contributed by atoms with Crippen molar-refractivity contribution >= 4 is 11.9 Å². The molecular formula is C54H93NO5. The Kier molecular flexibility index (Phi) is 44.8. The molecule has 0 spiro atoms. The number of carbonyl (C=O) groups is 2. The lowest BCUT2D eigenvalue weighted by molar-refractivity contribution is -0.151. The van der Waals surface area contributed by atoms with Gasteiger partial charge in [-0.1, -0.05) is 215 Å². The van der Waals surface area contributed by atoms with Crippen LogP contribution in [0.4, 0.5) is 0 Å². The van der Waals surface area contributed by atoms with Gasteiger partial charge >= 0.3 is 5.97 Å². The first-order valence-corrected chi connectivity index (χ1v) is 24.9. The number of carbonyl (C=O) groups excluding carboxylic acids is 2. The summed E-state index contributed by atoms with van der Waals surface area (Å²) in [4.78, 5) is 26.1. The highest BCUT2D eigenvalue weighted by molar-refractivity contribution is 5.77. The summed E-state index contributed by atoms with van der Waals surface area (Å²) in [6.07, 6.45) is 60.8. The van der Waals surface area contributed by atoms with Crippen molar-refractivity contribution in [1.29, 1.82) is 0 Å². The van der Waals surface area contributed by atoms with E-state index in [4.69, 9.17) is 4.74 Å². The van der Waals surface area contributed by atoms with Crippen LogP contribution >= 0.6 is 0 Å². The molecule has 0 aliphatic heterocycles. The molecule has 6 nitrogen and oxygen atoms in total. The van der Waals surface area contributed by atoms with Gasteiger partial charge in [0.05, 0.1) is 25.2 Å². The van der Waals surface area contributed by atoms with Crippen LogP contribution in [0.2, 0.25) is 0 Å². The van der Waals surface area contributed by atoms with E-state index in [-0.39, 0.29) is 24.9 Å². The van der Waals surface area contributed by atoms with Crippen LogP contribution in [0.25, 0.3) is 0 Å². The predicted molar refractivity (Wildman–Crippen MR) is 259 cm³/mol. The van der Waals surface area contributed by atoms with Gasteiger partial charge in [-0.25, -0.2) is 0 Å². The molecule has 0 fully saturated rings. The van der Waals surface area contributed by atoms with Crippen molar-refractivity contribution in [3.63, 3.8) is 0 Å². The van der Waals surface area contributed by atoms with E-state index >= 15 is 0 Å². The Morgan fingerprint density at radius 3 is 1.57 bits per heavy atom. The van der Waals surface area contributed by atoms with Gasteiger partial charge < -0.3 is 20.3 Å². The van der Waals surface area contributed by atoms with Crippen LogP contribution < -0.4 is 5.32 Å². The van der Waals surface area contributed by atoms with Gasteiger partial charge in [0.2, 0.25) is 5.91 Å². The number of amides is 1. The maximum absolute atomic E-state index is 13.2. The van der Waals surface area contributed by atoms with E-state index in [0.717, 1.165) is 83.5 Å². The third-order valence-electron chi connectivity index (χ3n) is 10.8. The number of aliphatic hydroxyl groups excluding tert-OH is 2. The van der Waals surface area contributed by atoms with Crippen molar-refractivity contribution < 1.29 is 24.5 Å². The molecule has 60 heavy (non-hydrogen) atoms. The summed E-state index contributed by atoms with van der Waals surface area (Å²) in [5.74, 6) is -0.573. The van der Waals surface area contributed by atoms with Gasteiger partial charge in [-0.05, 0) is 77.0 Å². The third-order valence-corrected chi connectivity index (χ3v) is 10.8. The van der Waals surface area contributed by atoms with Crippen LogP contribution in [0, 0.1) is 0 Å². The van der Waals surface area contributed by atoms with Crippen LogP contribution in [0.15, 0.2) is 85.1 Å². The van der Waals surface area contributed by atoms with E-state index < -0.39 is 18.2 Å². The minimum absolute atomic E-state index is 0.0185. The number of esters is 1. The van der Waals surface area contributed by atoms with E-state index in [1.807, 2.05) is 36.5 Å². The molecule has 0 aromatic carbocycles. The van der Waals surface area contributed by atoms with Gasteiger partial charge in [0.1, 0.15) is 6.10 Å². The molecular weight excluding hydrogens is 743 g/mol. The second-order valence-corrected chi connectivity index (χ2v) is 16.6. The highest BCUT2D eigenvalue weighted by Gasteiger charge is 2.24. The van der Waals surface area contributed by atoms with Crippen LogP contribution in [0.3, 0.4) is 0 Å². The summed E-state index contributed by atoms with van der Waals surface area (Å²) in [5.41, 5.74) is 0. The zero-order valence-electron chi connectivity index (χ0n) is 39.1. The second-order valence-electron chi connectivity index (χ2n) is 16.6. The SMILES string of the molecule is CC/C=C/C=C/C=C\C=C/CCCC(CC(=O)NC(CO)C(O)CCCCCCCCCCCCCCC)OC(=O)CCCCCC/C=C\C/C=C\C/C=C\CCCCC. The zero-order valence-corrected chi connectivity index (χ0v) is 39.1. The monoisotopic (exact) mass is 836 g/mol. The highest BCUT2D eigenvalue weighted by Crippen LogP contribution is 2.16. The topological polar surface area (TPSA) is 95.9 Å². The van der Waals surface area contributed by atoms with Gasteiger partial charge in [0.15, 0.2) is 0 Å². The summed E-state index contributed by atoms with van der Waals surface area (Å²) in [6.45, 7) is 6.27. The summed E-state index contributed by atoms with van der Waals surface area (Å²) in [6, 6.07) is -0.731. The number of allylic oxidation sites excluding steroid dienone is 14. The first kappa shape index (κ1) is 57.0. The molecule has 0 aromatic rings. The maximum Gasteiger partial charge on any atom is 0.306 e. The average Bonchev–Trinajstić information content (AvgIpc) is 3.24. The molecule has 344 valence electrons. The van der Waals surface area contributed by atoms with E-state index in [2.05, 4.69) is 74.7 Å². The lowest BCUT2D eigenvalue weighted by atomic mass is 10.0. The normalized spacial score (nSPS) is 14.0.